The summed E-state index contributed by atoms with van der Waals surface area (Å²) in [6.07, 6.45) is 0. The molecule has 0 atom stereocenters. The van der Waals surface area contributed by atoms with E-state index in [0.717, 1.165) is 0 Å². The highest BCUT2D eigenvalue weighted by atomic mass is 15.1. The van der Waals surface area contributed by atoms with Crippen LogP contribution in [0.5, 0.6) is 0 Å². The third-order valence-corrected chi connectivity index (χ3v) is 8.05. The van der Waals surface area contributed by atoms with Gasteiger partial charge >= 0.3 is 0 Å². The molecule has 3 heteroatoms. The van der Waals surface area contributed by atoms with Crippen molar-refractivity contribution in [2.75, 3.05) is 57.0 Å². The molecule has 0 saturated carbocycles. The van der Waals surface area contributed by atoms with Crippen molar-refractivity contribution in [1.82, 2.24) is 0 Å². The summed E-state index contributed by atoms with van der Waals surface area (Å²) in [5.41, 5.74) is 11.0. The smallest absolute Gasteiger partial charge is 0.0361 e. The summed E-state index contributed by atoms with van der Waals surface area (Å²) in [6, 6.07) is 42.7. The number of hydrogen-bond acceptors (Lipinski definition) is 3. The van der Waals surface area contributed by atoms with Crippen LogP contribution in [0.2, 0.25) is 0 Å². The third-order valence-electron chi connectivity index (χ3n) is 8.05. The highest BCUT2D eigenvalue weighted by molar-refractivity contribution is 6.13. The largest absolute Gasteiger partial charge is 0.378 e. The lowest BCUT2D eigenvalue weighted by atomic mass is 9.83. The molecular formula is C38H37N3. The van der Waals surface area contributed by atoms with Crippen molar-refractivity contribution in [3.05, 3.63) is 115 Å². The van der Waals surface area contributed by atoms with Crippen molar-refractivity contribution in [1.29, 1.82) is 0 Å². The maximum absolute atomic E-state index is 2.39. The van der Waals surface area contributed by atoms with Crippen LogP contribution >= 0.6 is 0 Å². The van der Waals surface area contributed by atoms with Gasteiger partial charge in [0.2, 0.25) is 0 Å². The second-order valence-corrected chi connectivity index (χ2v) is 11.4. The van der Waals surface area contributed by atoms with Crippen LogP contribution in [0.25, 0.3) is 54.9 Å². The van der Waals surface area contributed by atoms with Crippen molar-refractivity contribution in [3.63, 3.8) is 0 Å². The summed E-state index contributed by atoms with van der Waals surface area (Å²) >= 11 is 0. The SMILES string of the molecule is CN(C)c1ccc(-c2cc3cc4ccccc4cc3c(-c3ccc(N(C)C)cc3)c2-c2ccc(N(C)C)cc2)cc1. The topological polar surface area (TPSA) is 9.72 Å². The molecule has 0 aliphatic heterocycles. The maximum atomic E-state index is 2.39. The minimum absolute atomic E-state index is 1.19. The van der Waals surface area contributed by atoms with Crippen LogP contribution in [0.3, 0.4) is 0 Å². The van der Waals surface area contributed by atoms with Crippen molar-refractivity contribution in [2.45, 2.75) is 0 Å². The van der Waals surface area contributed by atoms with Crippen molar-refractivity contribution >= 4 is 38.6 Å². The standard InChI is InChI=1S/C38H37N3/c1-39(2)32-17-11-26(12-18-32)35-25-31-23-29-9-7-8-10-30(29)24-36(31)38(28-15-21-34(22-16-28)41(5)6)37(35)27-13-19-33(20-14-27)40(3)4/h7-25H,1-6H3. The van der Waals surface area contributed by atoms with Crippen LogP contribution in [0.1, 0.15) is 0 Å². The molecule has 204 valence electrons. The minimum Gasteiger partial charge on any atom is -0.378 e. The molecule has 0 spiro atoms. The fraction of sp³-hybridized carbons (Fsp3) is 0.158. The Morgan fingerprint density at radius 3 is 1.24 bits per heavy atom. The van der Waals surface area contributed by atoms with Gasteiger partial charge in [-0.2, -0.15) is 0 Å². The monoisotopic (exact) mass is 535 g/mol. The first-order valence-electron chi connectivity index (χ1n) is 14.1. The molecule has 0 bridgehead atoms. The van der Waals surface area contributed by atoms with Gasteiger partial charge in [0.05, 0.1) is 0 Å². The zero-order chi connectivity index (χ0) is 28.7. The van der Waals surface area contributed by atoms with E-state index in [1.807, 2.05) is 0 Å². The van der Waals surface area contributed by atoms with Crippen LogP contribution < -0.4 is 14.7 Å². The molecule has 3 nitrogen and oxygen atoms in total. The lowest BCUT2D eigenvalue weighted by Crippen LogP contribution is -2.08. The van der Waals surface area contributed by atoms with E-state index in [0.29, 0.717) is 0 Å². The Hall–Kier alpha value is -4.76. The Morgan fingerprint density at radius 2 is 0.780 bits per heavy atom. The van der Waals surface area contributed by atoms with Crippen LogP contribution in [0.15, 0.2) is 115 Å². The fourth-order valence-electron chi connectivity index (χ4n) is 5.71. The van der Waals surface area contributed by atoms with Crippen LogP contribution in [-0.2, 0) is 0 Å². The first-order chi connectivity index (χ1) is 19.8. The molecule has 0 N–H and O–H groups in total. The van der Waals surface area contributed by atoms with E-state index in [2.05, 4.69) is 172 Å². The van der Waals surface area contributed by atoms with E-state index in [1.54, 1.807) is 0 Å². The normalized spacial score (nSPS) is 11.2. The van der Waals surface area contributed by atoms with Crippen molar-refractivity contribution in [3.8, 4) is 33.4 Å². The first kappa shape index (κ1) is 26.5. The molecule has 0 saturated heterocycles. The Kier molecular flexibility index (Phi) is 6.88. The lowest BCUT2D eigenvalue weighted by molar-refractivity contribution is 1.13. The highest BCUT2D eigenvalue weighted by Gasteiger charge is 2.19. The van der Waals surface area contributed by atoms with E-state index in [1.165, 1.54) is 72.0 Å². The highest BCUT2D eigenvalue weighted by Crippen LogP contribution is 2.46. The van der Waals surface area contributed by atoms with E-state index >= 15 is 0 Å². The molecular weight excluding hydrogens is 498 g/mol. The summed E-state index contributed by atoms with van der Waals surface area (Å²) in [6.45, 7) is 0. The van der Waals surface area contributed by atoms with Gasteiger partial charge in [-0.1, -0.05) is 60.7 Å². The van der Waals surface area contributed by atoms with Gasteiger partial charge in [0.1, 0.15) is 0 Å². The van der Waals surface area contributed by atoms with Gasteiger partial charge in [-0.25, -0.2) is 0 Å². The lowest BCUT2D eigenvalue weighted by Gasteiger charge is -2.22. The van der Waals surface area contributed by atoms with Gasteiger partial charge < -0.3 is 14.7 Å². The number of hydrogen-bond donors (Lipinski definition) is 0. The van der Waals surface area contributed by atoms with E-state index < -0.39 is 0 Å². The molecule has 0 heterocycles. The first-order valence-corrected chi connectivity index (χ1v) is 14.1. The Balaban J connectivity index is 1.73. The summed E-state index contributed by atoms with van der Waals surface area (Å²) in [5, 5.41) is 5.02. The average molecular weight is 536 g/mol. The van der Waals surface area contributed by atoms with Gasteiger partial charge in [-0.05, 0) is 110 Å². The molecule has 0 aliphatic carbocycles. The summed E-state index contributed by atoms with van der Waals surface area (Å²) in [5.74, 6) is 0. The number of benzene rings is 6. The second kappa shape index (κ2) is 10.7. The average Bonchev–Trinajstić information content (AvgIpc) is 2.99. The van der Waals surface area contributed by atoms with Gasteiger partial charge in [0.15, 0.2) is 0 Å². The van der Waals surface area contributed by atoms with Gasteiger partial charge in [0, 0.05) is 59.3 Å². The predicted octanol–water partition coefficient (Wildman–Crippen LogP) is 9.19. The molecule has 0 fully saturated rings. The van der Waals surface area contributed by atoms with E-state index in [4.69, 9.17) is 0 Å². The van der Waals surface area contributed by atoms with E-state index in [-0.39, 0.29) is 0 Å². The van der Waals surface area contributed by atoms with Crippen LogP contribution in [0.4, 0.5) is 17.1 Å². The number of rotatable bonds is 6. The van der Waals surface area contributed by atoms with Crippen molar-refractivity contribution in [2.24, 2.45) is 0 Å². The third kappa shape index (κ3) is 5.00. The molecule has 6 rings (SSSR count). The van der Waals surface area contributed by atoms with Gasteiger partial charge in [-0.15, -0.1) is 0 Å². The molecule has 6 aromatic rings. The van der Waals surface area contributed by atoms with Crippen LogP contribution in [0, 0.1) is 0 Å². The Morgan fingerprint density at radius 1 is 0.366 bits per heavy atom. The maximum Gasteiger partial charge on any atom is 0.0361 e. The zero-order valence-electron chi connectivity index (χ0n) is 24.8. The predicted molar refractivity (Wildman–Crippen MR) is 181 cm³/mol. The molecule has 0 aliphatic rings. The zero-order valence-corrected chi connectivity index (χ0v) is 24.8. The molecule has 0 aromatic heterocycles. The second-order valence-electron chi connectivity index (χ2n) is 11.4. The van der Waals surface area contributed by atoms with E-state index in [9.17, 15) is 0 Å². The Labute approximate surface area is 243 Å². The van der Waals surface area contributed by atoms with Gasteiger partial charge in [0.25, 0.3) is 0 Å². The molecule has 41 heavy (non-hydrogen) atoms. The van der Waals surface area contributed by atoms with Gasteiger partial charge in [-0.3, -0.25) is 0 Å². The number of nitrogens with zero attached hydrogens (tertiary/aromatic N) is 3. The number of fused-ring (bicyclic) bond motifs is 2. The van der Waals surface area contributed by atoms with Crippen LogP contribution in [-0.4, -0.2) is 42.3 Å². The fourth-order valence-corrected chi connectivity index (χ4v) is 5.71. The Bertz CT molecular complexity index is 1830. The summed E-state index contributed by atoms with van der Waals surface area (Å²) < 4.78 is 0. The molecule has 0 radical (unpaired) electrons. The van der Waals surface area contributed by atoms with Crippen molar-refractivity contribution < 1.29 is 0 Å². The quantitative estimate of drug-likeness (QED) is 0.197. The number of anilines is 3. The summed E-state index contributed by atoms with van der Waals surface area (Å²) in [4.78, 5) is 6.45. The summed E-state index contributed by atoms with van der Waals surface area (Å²) in [7, 11) is 12.5. The molecule has 0 unspecified atom stereocenters. The molecule has 6 aromatic carbocycles. The minimum atomic E-state index is 1.19. The molecule has 0 amide bonds.